The first-order valence-electron chi connectivity index (χ1n) is 7.63. The number of anilines is 2. The molecule has 3 aromatic rings. The van der Waals surface area contributed by atoms with Crippen molar-refractivity contribution in [2.24, 2.45) is 5.84 Å². The molecule has 0 aliphatic rings. The zero-order valence-corrected chi connectivity index (χ0v) is 16.4. The predicted octanol–water partition coefficient (Wildman–Crippen LogP) is 4.52. The minimum Gasteiger partial charge on any atom is -0.484 e. The number of aromatic nitrogens is 1. The van der Waals surface area contributed by atoms with E-state index in [1.165, 1.54) is 11.3 Å². The van der Waals surface area contributed by atoms with Crippen LogP contribution < -0.4 is 21.3 Å². The Morgan fingerprint density at radius 1 is 1.23 bits per heavy atom. The second kappa shape index (κ2) is 7.67. The van der Waals surface area contributed by atoms with E-state index in [2.05, 4.69) is 15.7 Å². The molecular weight excluding hydrogens is 395 g/mol. The van der Waals surface area contributed by atoms with Crippen LogP contribution in [0.15, 0.2) is 24.3 Å². The highest BCUT2D eigenvalue weighted by Crippen LogP contribution is 2.33. The molecule has 0 aliphatic carbocycles. The fourth-order valence-corrected chi connectivity index (χ4v) is 3.73. The van der Waals surface area contributed by atoms with Crippen LogP contribution in [-0.2, 0) is 4.79 Å². The van der Waals surface area contributed by atoms with Crippen LogP contribution >= 0.6 is 34.5 Å². The summed E-state index contributed by atoms with van der Waals surface area (Å²) in [7, 11) is 0. The van der Waals surface area contributed by atoms with Gasteiger partial charge in [-0.3, -0.25) is 10.2 Å². The number of carbonyl (C=O) groups is 1. The van der Waals surface area contributed by atoms with Gasteiger partial charge in [-0.2, -0.15) is 0 Å². The lowest BCUT2D eigenvalue weighted by Crippen LogP contribution is -2.20. The van der Waals surface area contributed by atoms with Gasteiger partial charge in [0.2, 0.25) is 0 Å². The van der Waals surface area contributed by atoms with Gasteiger partial charge < -0.3 is 10.1 Å². The van der Waals surface area contributed by atoms with E-state index in [0.717, 1.165) is 15.8 Å². The molecule has 0 atom stereocenters. The summed E-state index contributed by atoms with van der Waals surface area (Å²) in [6.07, 6.45) is 0. The van der Waals surface area contributed by atoms with Crippen LogP contribution in [0.5, 0.6) is 5.75 Å². The largest absolute Gasteiger partial charge is 0.484 e. The number of hydrogen-bond donors (Lipinski definition) is 3. The first-order chi connectivity index (χ1) is 12.4. The van der Waals surface area contributed by atoms with E-state index in [1.54, 1.807) is 24.3 Å². The maximum Gasteiger partial charge on any atom is 0.262 e. The lowest BCUT2D eigenvalue weighted by molar-refractivity contribution is -0.118. The predicted molar refractivity (Wildman–Crippen MR) is 107 cm³/mol. The molecule has 0 bridgehead atoms. The van der Waals surface area contributed by atoms with Crippen molar-refractivity contribution in [1.82, 2.24) is 4.98 Å². The normalized spacial score (nSPS) is 10.8. The molecule has 9 heteroatoms. The number of nitrogens with two attached hydrogens (primary N) is 1. The number of nitrogen functional groups attached to an aromatic ring is 1. The van der Waals surface area contributed by atoms with Gasteiger partial charge in [-0.1, -0.05) is 34.5 Å². The lowest BCUT2D eigenvalue weighted by Gasteiger charge is -2.10. The van der Waals surface area contributed by atoms with Gasteiger partial charge in [0, 0.05) is 10.7 Å². The van der Waals surface area contributed by atoms with E-state index in [9.17, 15) is 4.79 Å². The first-order valence-corrected chi connectivity index (χ1v) is 9.20. The molecule has 1 heterocycles. The Hall–Kier alpha value is -2.06. The number of nitrogens with one attached hydrogen (secondary N) is 2. The summed E-state index contributed by atoms with van der Waals surface area (Å²) in [6.45, 7) is 3.65. The maximum absolute atomic E-state index is 12.2. The van der Waals surface area contributed by atoms with Crippen LogP contribution in [-0.4, -0.2) is 17.5 Å². The van der Waals surface area contributed by atoms with Gasteiger partial charge in [-0.25, -0.2) is 10.8 Å². The van der Waals surface area contributed by atoms with Gasteiger partial charge in [-0.15, -0.1) is 0 Å². The van der Waals surface area contributed by atoms with E-state index in [1.807, 2.05) is 13.8 Å². The van der Waals surface area contributed by atoms with Gasteiger partial charge in [-0.05, 0) is 49.2 Å². The summed E-state index contributed by atoms with van der Waals surface area (Å²) in [4.78, 5) is 16.4. The summed E-state index contributed by atoms with van der Waals surface area (Å²) >= 11 is 13.7. The molecule has 0 saturated heterocycles. The van der Waals surface area contributed by atoms with Crippen LogP contribution in [0, 0.1) is 13.8 Å². The highest BCUT2D eigenvalue weighted by molar-refractivity contribution is 7.22. The number of nitrogens with zero attached hydrogens (tertiary/aromatic N) is 1. The van der Waals surface area contributed by atoms with Crippen LogP contribution in [0.25, 0.3) is 10.2 Å². The van der Waals surface area contributed by atoms with E-state index >= 15 is 0 Å². The average Bonchev–Trinajstić information content (AvgIpc) is 3.01. The Bertz CT molecular complexity index is 967. The minimum absolute atomic E-state index is 0.130. The van der Waals surface area contributed by atoms with E-state index in [0.29, 0.717) is 32.1 Å². The van der Waals surface area contributed by atoms with Crippen LogP contribution in [0.1, 0.15) is 11.1 Å². The second-order valence-corrected chi connectivity index (χ2v) is 7.49. The number of ether oxygens (including phenoxy) is 1. The monoisotopic (exact) mass is 410 g/mol. The molecule has 0 fully saturated rings. The molecule has 4 N–H and O–H groups in total. The molecule has 136 valence electrons. The fourth-order valence-electron chi connectivity index (χ4n) is 2.46. The number of hydrazine groups is 1. The zero-order valence-electron chi connectivity index (χ0n) is 14.0. The standard InChI is InChI=1S/C17H16Cl2N4O2S/c1-8-3-11(4-9(2)15(8)19)25-7-14(24)21-10-5-12(18)16-13(6-10)26-17(22-16)23-20/h3-6H,7,20H2,1-2H3,(H,21,24)(H,22,23). The van der Waals surface area contributed by atoms with Crippen molar-refractivity contribution in [2.75, 3.05) is 17.3 Å². The van der Waals surface area contributed by atoms with Crippen molar-refractivity contribution in [1.29, 1.82) is 0 Å². The molecule has 0 radical (unpaired) electrons. The summed E-state index contributed by atoms with van der Waals surface area (Å²) in [5.41, 5.74) is 5.47. The molecule has 1 amide bonds. The number of amides is 1. The van der Waals surface area contributed by atoms with Crippen LogP contribution in [0.3, 0.4) is 0 Å². The highest BCUT2D eigenvalue weighted by Gasteiger charge is 2.11. The fraction of sp³-hybridized carbons (Fsp3) is 0.176. The number of benzene rings is 2. The minimum atomic E-state index is -0.299. The van der Waals surface area contributed by atoms with Gasteiger partial charge in [0.1, 0.15) is 11.3 Å². The van der Waals surface area contributed by atoms with Crippen molar-refractivity contribution in [3.63, 3.8) is 0 Å². The van der Waals surface area contributed by atoms with Crippen molar-refractivity contribution in [2.45, 2.75) is 13.8 Å². The third-order valence-electron chi connectivity index (χ3n) is 3.64. The summed E-state index contributed by atoms with van der Waals surface area (Å²) in [5.74, 6) is 5.66. The molecular formula is C17H16Cl2N4O2S. The Morgan fingerprint density at radius 3 is 2.58 bits per heavy atom. The SMILES string of the molecule is Cc1cc(OCC(=O)Nc2cc(Cl)c3nc(NN)sc3c2)cc(C)c1Cl. The van der Waals surface area contributed by atoms with Gasteiger partial charge in [0.15, 0.2) is 11.7 Å². The van der Waals surface area contributed by atoms with Gasteiger partial charge >= 0.3 is 0 Å². The number of aryl methyl sites for hydroxylation is 2. The molecule has 3 rings (SSSR count). The number of hydrogen-bond acceptors (Lipinski definition) is 6. The second-order valence-electron chi connectivity index (χ2n) is 5.68. The average molecular weight is 411 g/mol. The molecule has 0 aliphatic heterocycles. The van der Waals surface area contributed by atoms with Crippen LogP contribution in [0.4, 0.5) is 10.8 Å². The number of thiazole rings is 1. The van der Waals surface area contributed by atoms with Crippen molar-refractivity contribution in [3.8, 4) is 5.75 Å². The number of fused-ring (bicyclic) bond motifs is 1. The lowest BCUT2D eigenvalue weighted by atomic mass is 10.1. The number of carbonyl (C=O) groups excluding carboxylic acids is 1. The molecule has 1 aromatic heterocycles. The zero-order chi connectivity index (χ0) is 18.8. The van der Waals surface area contributed by atoms with Gasteiger partial charge in [0.25, 0.3) is 5.91 Å². The number of rotatable bonds is 5. The first kappa shape index (κ1) is 18.7. The summed E-state index contributed by atoms with van der Waals surface area (Å²) in [6, 6.07) is 7.01. The quantitative estimate of drug-likeness (QED) is 0.424. The Balaban J connectivity index is 1.69. The molecule has 0 spiro atoms. The Kier molecular flexibility index (Phi) is 5.52. The summed E-state index contributed by atoms with van der Waals surface area (Å²) < 4.78 is 6.37. The van der Waals surface area contributed by atoms with E-state index in [4.69, 9.17) is 33.8 Å². The van der Waals surface area contributed by atoms with Crippen molar-refractivity contribution >= 4 is 61.5 Å². The van der Waals surface area contributed by atoms with E-state index < -0.39 is 0 Å². The van der Waals surface area contributed by atoms with Crippen LogP contribution in [0.2, 0.25) is 10.0 Å². The Morgan fingerprint density at radius 2 is 1.92 bits per heavy atom. The highest BCUT2D eigenvalue weighted by atomic mass is 35.5. The van der Waals surface area contributed by atoms with Crippen molar-refractivity contribution < 1.29 is 9.53 Å². The smallest absolute Gasteiger partial charge is 0.262 e. The van der Waals surface area contributed by atoms with E-state index in [-0.39, 0.29) is 12.5 Å². The third kappa shape index (κ3) is 4.02. The summed E-state index contributed by atoms with van der Waals surface area (Å²) in [5, 5.41) is 4.44. The number of halogens is 2. The molecule has 0 saturated carbocycles. The maximum atomic E-state index is 12.2. The third-order valence-corrected chi connectivity index (χ3v) is 5.45. The molecule has 2 aromatic carbocycles. The molecule has 6 nitrogen and oxygen atoms in total. The Labute approximate surface area is 164 Å². The molecule has 26 heavy (non-hydrogen) atoms. The van der Waals surface area contributed by atoms with Crippen molar-refractivity contribution in [3.05, 3.63) is 45.4 Å². The van der Waals surface area contributed by atoms with Gasteiger partial charge in [0.05, 0.1) is 9.72 Å². The molecule has 0 unspecified atom stereocenters. The topological polar surface area (TPSA) is 89.3 Å².